The van der Waals surface area contributed by atoms with E-state index in [0.29, 0.717) is 11.5 Å². The molecule has 4 nitrogen and oxygen atoms in total. The van der Waals surface area contributed by atoms with Crippen LogP contribution in [0, 0.1) is 6.92 Å². The van der Waals surface area contributed by atoms with Crippen molar-refractivity contribution in [2.24, 2.45) is 5.73 Å². The quantitative estimate of drug-likeness (QED) is 0.630. The normalized spacial score (nSPS) is 11.7. The van der Waals surface area contributed by atoms with Crippen molar-refractivity contribution in [3.8, 4) is 0 Å². The van der Waals surface area contributed by atoms with Crippen LogP contribution in [0.15, 0.2) is 10.9 Å². The van der Waals surface area contributed by atoms with Crippen molar-refractivity contribution < 1.29 is 0 Å². The third-order valence-corrected chi connectivity index (χ3v) is 1.52. The second-order valence-electron chi connectivity index (χ2n) is 3.44. The van der Waals surface area contributed by atoms with Gasteiger partial charge in [0.25, 0.3) is 5.56 Å². The van der Waals surface area contributed by atoms with Crippen LogP contribution in [0.3, 0.4) is 0 Å². The van der Waals surface area contributed by atoms with Gasteiger partial charge in [0.15, 0.2) is 0 Å². The Bertz CT molecular complexity index is 335. The first kappa shape index (κ1) is 8.93. The Morgan fingerprint density at radius 1 is 1.58 bits per heavy atom. The van der Waals surface area contributed by atoms with E-state index in [2.05, 4.69) is 9.97 Å². The average Bonchev–Trinajstić information content (AvgIpc) is 1.82. The van der Waals surface area contributed by atoms with E-state index < -0.39 is 5.54 Å². The molecule has 66 valence electrons. The summed E-state index contributed by atoms with van der Waals surface area (Å²) in [5, 5.41) is 0. The number of aryl methyl sites for hydroxylation is 1. The lowest BCUT2D eigenvalue weighted by Crippen LogP contribution is -2.32. The molecule has 0 spiro atoms. The molecule has 0 atom stereocenters. The minimum atomic E-state index is -0.557. The molecule has 0 aliphatic carbocycles. The van der Waals surface area contributed by atoms with Crippen LogP contribution >= 0.6 is 0 Å². The van der Waals surface area contributed by atoms with Crippen LogP contribution < -0.4 is 11.3 Å². The third-order valence-electron chi connectivity index (χ3n) is 1.52. The lowest BCUT2D eigenvalue weighted by molar-refractivity contribution is 0.530. The van der Waals surface area contributed by atoms with E-state index in [0.717, 1.165) is 0 Å². The van der Waals surface area contributed by atoms with E-state index in [1.165, 1.54) is 6.07 Å². The van der Waals surface area contributed by atoms with Crippen LogP contribution in [0.1, 0.15) is 25.4 Å². The van der Waals surface area contributed by atoms with Gasteiger partial charge in [-0.2, -0.15) is 0 Å². The molecule has 0 saturated heterocycles. The van der Waals surface area contributed by atoms with Crippen LogP contribution in [0.5, 0.6) is 0 Å². The highest BCUT2D eigenvalue weighted by atomic mass is 16.1. The van der Waals surface area contributed by atoms with Crippen LogP contribution in [0.2, 0.25) is 0 Å². The Morgan fingerprint density at radius 2 is 2.17 bits per heavy atom. The minimum Gasteiger partial charge on any atom is -0.321 e. The number of nitrogens with two attached hydrogens (primary N) is 1. The van der Waals surface area contributed by atoms with Crippen LogP contribution in [0.4, 0.5) is 0 Å². The summed E-state index contributed by atoms with van der Waals surface area (Å²) in [7, 11) is 0. The number of hydrogen-bond donors (Lipinski definition) is 2. The molecule has 0 radical (unpaired) electrons. The third kappa shape index (κ3) is 1.92. The lowest BCUT2D eigenvalue weighted by atomic mass is 10.0. The molecule has 1 heterocycles. The van der Waals surface area contributed by atoms with Crippen LogP contribution in [-0.4, -0.2) is 9.97 Å². The maximum atomic E-state index is 11.0. The topological polar surface area (TPSA) is 71.8 Å². The van der Waals surface area contributed by atoms with E-state index in [1.807, 2.05) is 13.8 Å². The van der Waals surface area contributed by atoms with Gasteiger partial charge in [-0.05, 0) is 20.8 Å². The molecular formula is C8H13N3O. The summed E-state index contributed by atoms with van der Waals surface area (Å²) in [5.41, 5.74) is 5.68. The smallest absolute Gasteiger partial charge is 0.251 e. The van der Waals surface area contributed by atoms with Gasteiger partial charge in [0.05, 0.1) is 11.2 Å². The Hall–Kier alpha value is -1.16. The molecule has 0 aliphatic rings. The number of nitrogens with one attached hydrogen (secondary N) is 1. The molecular weight excluding hydrogens is 154 g/mol. The zero-order chi connectivity index (χ0) is 9.35. The Labute approximate surface area is 70.8 Å². The molecule has 0 aliphatic heterocycles. The fourth-order valence-electron chi connectivity index (χ4n) is 0.910. The SMILES string of the molecule is Cc1nc(C(C)(C)N)cc(=O)[nH]1. The van der Waals surface area contributed by atoms with Gasteiger partial charge < -0.3 is 10.7 Å². The van der Waals surface area contributed by atoms with Crippen molar-refractivity contribution >= 4 is 0 Å². The zero-order valence-corrected chi connectivity index (χ0v) is 7.51. The highest BCUT2D eigenvalue weighted by Crippen LogP contribution is 2.11. The van der Waals surface area contributed by atoms with E-state index in [4.69, 9.17) is 5.73 Å². The first-order valence-electron chi connectivity index (χ1n) is 3.77. The molecule has 0 aromatic carbocycles. The summed E-state index contributed by atoms with van der Waals surface area (Å²) < 4.78 is 0. The summed E-state index contributed by atoms with van der Waals surface area (Å²) in [6.07, 6.45) is 0. The van der Waals surface area contributed by atoms with E-state index in [1.54, 1.807) is 6.92 Å². The van der Waals surface area contributed by atoms with E-state index >= 15 is 0 Å². The zero-order valence-electron chi connectivity index (χ0n) is 7.51. The van der Waals surface area contributed by atoms with Gasteiger partial charge in [0, 0.05) is 6.07 Å². The van der Waals surface area contributed by atoms with E-state index in [-0.39, 0.29) is 5.56 Å². The number of hydrogen-bond acceptors (Lipinski definition) is 3. The van der Waals surface area contributed by atoms with Gasteiger partial charge in [-0.25, -0.2) is 4.98 Å². The molecule has 1 rings (SSSR count). The van der Waals surface area contributed by atoms with Crippen LogP contribution in [0.25, 0.3) is 0 Å². The van der Waals surface area contributed by atoms with Gasteiger partial charge in [-0.15, -0.1) is 0 Å². The maximum Gasteiger partial charge on any atom is 0.251 e. The molecule has 0 saturated carbocycles. The van der Waals surface area contributed by atoms with Crippen LogP contribution in [-0.2, 0) is 5.54 Å². The van der Waals surface area contributed by atoms with Crippen molar-refractivity contribution in [1.82, 2.24) is 9.97 Å². The number of aromatic amines is 1. The van der Waals surface area contributed by atoms with Crippen molar-refractivity contribution in [2.75, 3.05) is 0 Å². The molecule has 1 aromatic heterocycles. The number of aromatic nitrogens is 2. The summed E-state index contributed by atoms with van der Waals surface area (Å²) in [6.45, 7) is 5.36. The molecule has 0 amide bonds. The second kappa shape index (κ2) is 2.71. The monoisotopic (exact) mass is 167 g/mol. The molecule has 0 unspecified atom stereocenters. The first-order valence-corrected chi connectivity index (χ1v) is 3.77. The molecule has 0 fully saturated rings. The Kier molecular flexibility index (Phi) is 2.02. The molecule has 12 heavy (non-hydrogen) atoms. The van der Waals surface area contributed by atoms with Gasteiger partial charge in [-0.3, -0.25) is 4.79 Å². The van der Waals surface area contributed by atoms with Crippen molar-refractivity contribution in [2.45, 2.75) is 26.3 Å². The lowest BCUT2D eigenvalue weighted by Gasteiger charge is -2.17. The predicted molar refractivity (Wildman–Crippen MR) is 46.8 cm³/mol. The highest BCUT2D eigenvalue weighted by Gasteiger charge is 2.16. The predicted octanol–water partition coefficient (Wildman–Crippen LogP) is 0.272. The van der Waals surface area contributed by atoms with E-state index in [9.17, 15) is 4.79 Å². The van der Waals surface area contributed by atoms with Crippen molar-refractivity contribution in [1.29, 1.82) is 0 Å². The summed E-state index contributed by atoms with van der Waals surface area (Å²) >= 11 is 0. The second-order valence-corrected chi connectivity index (χ2v) is 3.44. The van der Waals surface area contributed by atoms with Crippen molar-refractivity contribution in [3.05, 3.63) is 27.9 Å². The van der Waals surface area contributed by atoms with Gasteiger partial charge in [0.1, 0.15) is 5.82 Å². The Balaban J connectivity index is 3.27. The Morgan fingerprint density at radius 3 is 2.58 bits per heavy atom. The fraction of sp³-hybridized carbons (Fsp3) is 0.500. The standard InChI is InChI=1S/C8H13N3O/c1-5-10-6(8(2,3)9)4-7(12)11-5/h4H,9H2,1-3H3,(H,10,11,12). The maximum absolute atomic E-state index is 11.0. The summed E-state index contributed by atoms with van der Waals surface area (Å²) in [5.74, 6) is 0.594. The molecule has 3 N–H and O–H groups in total. The number of H-pyrrole nitrogens is 1. The molecule has 4 heteroatoms. The van der Waals surface area contributed by atoms with Gasteiger partial charge in [0.2, 0.25) is 0 Å². The first-order chi connectivity index (χ1) is 5.39. The number of nitrogens with zero attached hydrogens (tertiary/aromatic N) is 1. The fourth-order valence-corrected chi connectivity index (χ4v) is 0.910. The highest BCUT2D eigenvalue weighted by molar-refractivity contribution is 5.11. The van der Waals surface area contributed by atoms with Gasteiger partial charge >= 0.3 is 0 Å². The van der Waals surface area contributed by atoms with Crippen molar-refractivity contribution in [3.63, 3.8) is 0 Å². The van der Waals surface area contributed by atoms with Gasteiger partial charge in [-0.1, -0.05) is 0 Å². The molecule has 1 aromatic rings. The minimum absolute atomic E-state index is 0.156. The summed E-state index contributed by atoms with van der Waals surface area (Å²) in [4.78, 5) is 17.7. The average molecular weight is 167 g/mol. The summed E-state index contributed by atoms with van der Waals surface area (Å²) in [6, 6.07) is 1.42. The number of rotatable bonds is 1. The molecule has 0 bridgehead atoms. The largest absolute Gasteiger partial charge is 0.321 e.